The monoisotopic (exact) mass is 329 g/mol. The van der Waals surface area contributed by atoms with Crippen molar-refractivity contribution in [3.63, 3.8) is 0 Å². The van der Waals surface area contributed by atoms with E-state index in [1.54, 1.807) is 6.92 Å². The molecule has 0 aromatic heterocycles. The van der Waals surface area contributed by atoms with Crippen LogP contribution >= 0.6 is 11.6 Å². The maximum absolute atomic E-state index is 13.4. The van der Waals surface area contributed by atoms with Gasteiger partial charge in [0.25, 0.3) is 10.0 Å². The molecule has 0 radical (unpaired) electrons. The third-order valence-corrected chi connectivity index (χ3v) is 4.53. The molecule has 4 nitrogen and oxygen atoms in total. The molecule has 0 saturated carbocycles. The molecule has 112 valence electrons. The van der Waals surface area contributed by atoms with Gasteiger partial charge in [-0.25, -0.2) is 12.8 Å². The highest BCUT2D eigenvalue weighted by Crippen LogP contribution is 2.28. The first kappa shape index (κ1) is 15.6. The summed E-state index contributed by atoms with van der Waals surface area (Å²) < 4.78 is 45.1. The molecule has 0 spiro atoms. The average molecular weight is 330 g/mol. The number of ether oxygens (including phenoxy) is 1. The standard InChI is InChI=1S/C14H13ClFNO3S/c1-9-3-4-10(7-13(9)16)17-21(18,19)11-5-6-14(20-2)12(15)8-11/h3-8,17H,1-2H3. The van der Waals surface area contributed by atoms with E-state index in [2.05, 4.69) is 4.72 Å². The maximum atomic E-state index is 13.4. The van der Waals surface area contributed by atoms with Crippen molar-refractivity contribution in [1.29, 1.82) is 0 Å². The van der Waals surface area contributed by atoms with Crippen LogP contribution in [-0.4, -0.2) is 15.5 Å². The molecule has 0 saturated heterocycles. The van der Waals surface area contributed by atoms with E-state index >= 15 is 0 Å². The summed E-state index contributed by atoms with van der Waals surface area (Å²) in [5, 5.41) is 0.176. The lowest BCUT2D eigenvalue weighted by Crippen LogP contribution is -2.13. The van der Waals surface area contributed by atoms with Crippen molar-refractivity contribution in [1.82, 2.24) is 0 Å². The number of halogens is 2. The Bertz CT molecular complexity index is 778. The van der Waals surface area contributed by atoms with Gasteiger partial charge >= 0.3 is 0 Å². The first-order valence-electron chi connectivity index (χ1n) is 5.96. The predicted molar refractivity (Wildman–Crippen MR) is 79.9 cm³/mol. The fourth-order valence-corrected chi connectivity index (χ4v) is 3.08. The van der Waals surface area contributed by atoms with Gasteiger partial charge in [-0.15, -0.1) is 0 Å². The lowest BCUT2D eigenvalue weighted by atomic mass is 10.2. The van der Waals surface area contributed by atoms with E-state index in [-0.39, 0.29) is 15.6 Å². The van der Waals surface area contributed by atoms with Gasteiger partial charge in [-0.05, 0) is 42.8 Å². The van der Waals surface area contributed by atoms with Gasteiger partial charge in [0.15, 0.2) is 0 Å². The van der Waals surface area contributed by atoms with Crippen LogP contribution in [0.15, 0.2) is 41.3 Å². The quantitative estimate of drug-likeness (QED) is 0.932. The number of rotatable bonds is 4. The van der Waals surface area contributed by atoms with E-state index in [4.69, 9.17) is 16.3 Å². The third kappa shape index (κ3) is 3.46. The third-order valence-electron chi connectivity index (χ3n) is 2.86. The van der Waals surface area contributed by atoms with Gasteiger partial charge in [-0.3, -0.25) is 4.72 Å². The smallest absolute Gasteiger partial charge is 0.261 e. The summed E-state index contributed by atoms with van der Waals surface area (Å²) in [6.07, 6.45) is 0. The number of anilines is 1. The molecule has 0 aliphatic carbocycles. The highest BCUT2D eigenvalue weighted by atomic mass is 35.5. The highest BCUT2D eigenvalue weighted by molar-refractivity contribution is 7.92. The molecular formula is C14H13ClFNO3S. The van der Waals surface area contributed by atoms with Crippen molar-refractivity contribution in [3.8, 4) is 5.75 Å². The minimum Gasteiger partial charge on any atom is -0.495 e. The molecule has 1 N–H and O–H groups in total. The molecule has 2 rings (SSSR count). The van der Waals surface area contributed by atoms with Crippen LogP contribution in [0.25, 0.3) is 0 Å². The first-order chi connectivity index (χ1) is 9.83. The molecule has 0 unspecified atom stereocenters. The molecular weight excluding hydrogens is 317 g/mol. The molecule has 0 aliphatic heterocycles. The van der Waals surface area contributed by atoms with Gasteiger partial charge in [0.05, 0.1) is 22.7 Å². The van der Waals surface area contributed by atoms with Crippen molar-refractivity contribution in [2.75, 3.05) is 11.8 Å². The van der Waals surface area contributed by atoms with E-state index < -0.39 is 15.8 Å². The fourth-order valence-electron chi connectivity index (χ4n) is 1.68. The molecule has 0 fully saturated rings. The van der Waals surface area contributed by atoms with E-state index in [0.29, 0.717) is 11.3 Å². The summed E-state index contributed by atoms with van der Waals surface area (Å²) in [5.41, 5.74) is 0.579. The minimum absolute atomic E-state index is 0.0331. The van der Waals surface area contributed by atoms with Crippen LogP contribution in [0, 0.1) is 12.7 Å². The molecule has 2 aromatic carbocycles. The number of methoxy groups -OCH3 is 1. The van der Waals surface area contributed by atoms with Gasteiger partial charge in [-0.1, -0.05) is 17.7 Å². The van der Waals surface area contributed by atoms with Crippen LogP contribution in [0.3, 0.4) is 0 Å². The first-order valence-corrected chi connectivity index (χ1v) is 7.82. The van der Waals surface area contributed by atoms with Gasteiger partial charge < -0.3 is 4.74 Å². The van der Waals surface area contributed by atoms with Crippen LogP contribution < -0.4 is 9.46 Å². The number of sulfonamides is 1. The summed E-state index contributed by atoms with van der Waals surface area (Å²) in [7, 11) is -2.41. The van der Waals surface area contributed by atoms with Gasteiger partial charge in [0.1, 0.15) is 11.6 Å². The Hall–Kier alpha value is -1.79. The number of benzene rings is 2. The van der Waals surface area contributed by atoms with Crippen LogP contribution in [0.4, 0.5) is 10.1 Å². The Balaban J connectivity index is 2.33. The fraction of sp³-hybridized carbons (Fsp3) is 0.143. The summed E-state index contributed by atoms with van der Waals surface area (Å²) in [6.45, 7) is 1.59. The topological polar surface area (TPSA) is 55.4 Å². The zero-order valence-corrected chi connectivity index (χ0v) is 12.9. The maximum Gasteiger partial charge on any atom is 0.261 e. The SMILES string of the molecule is COc1ccc(S(=O)(=O)Nc2ccc(C)c(F)c2)cc1Cl. The average Bonchev–Trinajstić information content (AvgIpc) is 2.42. The normalized spacial score (nSPS) is 11.2. The Kier molecular flexibility index (Phi) is 4.39. The Labute approximate surface area is 127 Å². The molecule has 0 heterocycles. The second kappa shape index (κ2) is 5.91. The molecule has 0 atom stereocenters. The lowest BCUT2D eigenvalue weighted by Gasteiger charge is -2.10. The largest absolute Gasteiger partial charge is 0.495 e. The summed E-state index contributed by atoms with van der Waals surface area (Å²) in [4.78, 5) is -0.0331. The van der Waals surface area contributed by atoms with Crippen molar-refractivity contribution >= 4 is 27.3 Å². The van der Waals surface area contributed by atoms with E-state index in [0.717, 1.165) is 6.07 Å². The van der Waals surface area contributed by atoms with Crippen molar-refractivity contribution < 1.29 is 17.5 Å². The lowest BCUT2D eigenvalue weighted by molar-refractivity contribution is 0.414. The number of hydrogen-bond acceptors (Lipinski definition) is 3. The second-order valence-corrected chi connectivity index (χ2v) is 6.46. The predicted octanol–water partition coefficient (Wildman–Crippen LogP) is 3.60. The van der Waals surface area contributed by atoms with Gasteiger partial charge in [0.2, 0.25) is 0 Å². The molecule has 7 heteroatoms. The van der Waals surface area contributed by atoms with Crippen LogP contribution in [-0.2, 0) is 10.0 Å². The summed E-state index contributed by atoms with van der Waals surface area (Å²) in [5.74, 6) is -0.111. The Morgan fingerprint density at radius 3 is 2.48 bits per heavy atom. The van der Waals surface area contributed by atoms with E-state index in [1.807, 2.05) is 0 Å². The zero-order valence-electron chi connectivity index (χ0n) is 11.4. The Morgan fingerprint density at radius 2 is 1.90 bits per heavy atom. The van der Waals surface area contributed by atoms with Crippen LogP contribution in [0.1, 0.15) is 5.56 Å². The van der Waals surface area contributed by atoms with E-state index in [9.17, 15) is 12.8 Å². The van der Waals surface area contributed by atoms with Crippen molar-refractivity contribution in [2.45, 2.75) is 11.8 Å². The van der Waals surface area contributed by atoms with Crippen LogP contribution in [0.5, 0.6) is 5.75 Å². The Morgan fingerprint density at radius 1 is 1.19 bits per heavy atom. The van der Waals surface area contributed by atoms with Gasteiger partial charge in [0, 0.05) is 0 Å². The number of aryl methyl sites for hydroxylation is 1. The molecule has 0 bridgehead atoms. The van der Waals surface area contributed by atoms with Crippen molar-refractivity contribution in [3.05, 3.63) is 52.8 Å². The summed E-state index contributed by atoms with van der Waals surface area (Å²) in [6, 6.07) is 8.19. The van der Waals surface area contributed by atoms with Gasteiger partial charge in [-0.2, -0.15) is 0 Å². The summed E-state index contributed by atoms with van der Waals surface area (Å²) >= 11 is 5.91. The molecule has 0 amide bonds. The zero-order chi connectivity index (χ0) is 15.6. The molecule has 21 heavy (non-hydrogen) atoms. The van der Waals surface area contributed by atoms with Crippen molar-refractivity contribution in [2.24, 2.45) is 0 Å². The molecule has 2 aromatic rings. The minimum atomic E-state index is -3.85. The second-order valence-electron chi connectivity index (χ2n) is 4.37. The highest BCUT2D eigenvalue weighted by Gasteiger charge is 2.16. The molecule has 0 aliphatic rings. The number of nitrogens with one attached hydrogen (secondary N) is 1. The van der Waals surface area contributed by atoms with Crippen LogP contribution in [0.2, 0.25) is 5.02 Å². The number of hydrogen-bond donors (Lipinski definition) is 1. The van der Waals surface area contributed by atoms with E-state index in [1.165, 1.54) is 37.4 Å².